The normalized spacial score (nSPS) is 13.6. The Morgan fingerprint density at radius 1 is 0.315 bits per heavy atom. The first-order valence-corrected chi connectivity index (χ1v) is 35.0. The summed E-state index contributed by atoms with van der Waals surface area (Å²) in [6, 6.07) is 116. The Hall–Kier alpha value is -8.17. The summed E-state index contributed by atoms with van der Waals surface area (Å²) < 4.78 is 5.47. The van der Waals surface area contributed by atoms with Gasteiger partial charge in [-0.3, -0.25) is 9.98 Å². The largest absolute Gasteiger partial charge is 0.472 e. The molecule has 0 fully saturated rings. The summed E-state index contributed by atoms with van der Waals surface area (Å²) >= 11 is 0. The number of rotatable bonds is 6. The van der Waals surface area contributed by atoms with E-state index in [2.05, 4.69) is 196 Å². The minimum absolute atomic E-state index is 0. The van der Waals surface area contributed by atoms with Gasteiger partial charge >= 0.3 is 0 Å². The van der Waals surface area contributed by atoms with Crippen molar-refractivity contribution in [3.05, 3.63) is 400 Å². The summed E-state index contributed by atoms with van der Waals surface area (Å²) in [5.41, 5.74) is 25.3. The third-order valence-electron chi connectivity index (χ3n) is 18.0. The topological polar surface area (TPSA) is 104 Å². The molecule has 6 heterocycles. The molecule has 0 aliphatic carbocycles. The Bertz CT molecular complexity index is 4880. The van der Waals surface area contributed by atoms with E-state index < -0.39 is 0 Å². The molecule has 556 valence electrons. The molecule has 9 nitrogen and oxygen atoms in total. The fraction of sp³-hybridized carbons (Fsp3) is 0.151. The summed E-state index contributed by atoms with van der Waals surface area (Å²) in [4.78, 5) is 42.1. The number of nitrogens with zero attached hydrogens (tertiary/aromatic N) is 7. The van der Waals surface area contributed by atoms with Crippen molar-refractivity contribution in [1.82, 2.24) is 0 Å². The van der Waals surface area contributed by atoms with Crippen molar-refractivity contribution >= 4 is 62.8 Å². The van der Waals surface area contributed by atoms with Gasteiger partial charge in [0.1, 0.15) is 11.5 Å². The molecule has 6 aliphatic heterocycles. The van der Waals surface area contributed by atoms with Crippen LogP contribution in [0.25, 0.3) is 0 Å². The zero-order valence-electron chi connectivity index (χ0n) is 59.4. The summed E-state index contributed by atoms with van der Waals surface area (Å²) in [7, 11) is 2.06. The molecule has 6 radical (unpaired) electrons. The number of carbonyl (C=O) groups is 1. The van der Waals surface area contributed by atoms with Crippen molar-refractivity contribution in [2.24, 2.45) is 30.0 Å². The summed E-state index contributed by atoms with van der Waals surface area (Å²) in [5.74, 6) is 0.985. The van der Waals surface area contributed by atoms with E-state index in [1.807, 2.05) is 164 Å². The SMILES string of the molecule is CN1CN=C(c2[c-]cccc2)c2ccccc21.O=C1CCc2ccccc2N=C1c1[c-]cccc1.[Ir].[Ir].[Ir].[Ir].[Ir].[Ir].[c-]1ccccc1C1=NCCc2ccccc21.[c-]1ccccc1C1=NCOc2ccccc21.[c-]1ccccc1C1=Nc2ccccc2CCC1.[c-]1ccccc1C1=Nc2ccccc2CCCC1. The molecule has 0 atom stereocenters. The van der Waals surface area contributed by atoms with Crippen LogP contribution in [0.5, 0.6) is 5.75 Å². The second kappa shape index (κ2) is 45.7. The average molecular weight is 2480 g/mol. The molecule has 12 aromatic rings. The van der Waals surface area contributed by atoms with E-state index in [4.69, 9.17) is 14.7 Å². The third kappa shape index (κ3) is 23.7. The molecule has 0 saturated carbocycles. The van der Waals surface area contributed by atoms with Crippen LogP contribution in [-0.4, -0.2) is 67.0 Å². The molecular formula is C93H77Ir6N7O2-6. The van der Waals surface area contributed by atoms with Crippen LogP contribution in [0, 0.1) is 36.4 Å². The molecule has 108 heavy (non-hydrogen) atoms. The molecule has 0 spiro atoms. The fourth-order valence-corrected chi connectivity index (χ4v) is 12.8. The molecule has 6 aliphatic rings. The van der Waals surface area contributed by atoms with Crippen LogP contribution in [-0.2, 0) is 151 Å². The first-order chi connectivity index (χ1) is 50.5. The molecule has 0 aromatic heterocycles. The fourth-order valence-electron chi connectivity index (χ4n) is 12.8. The number of anilines is 1. The standard InChI is InChI=1S/C17H16N.C16H12NO.C16H14N.C15H13N2.C15H12N.C14H10NO.6Ir/c1-2-8-14(9-3-1)16-12-6-4-10-15-11-5-7-13-17(15)18-16;18-15-11-10-12-6-4-5-9-14(12)17-16(15)13-7-2-1-3-8-13;1-2-7-13(8-3-1)16-12-6-10-14-9-4-5-11-15(14)17-16;1-17-11-16-15(12-7-3-2-4-8-12)13-9-5-6-10-14(13)17;1-2-7-13(8-3-1)15-14-9-5-4-6-12(14)10-11-16-15;1-2-6-11(7-3-1)14-12-8-4-5-9-13(12)16-10-15-14;;;;;;/h1-3,5,7-8,11,13H,4,6,10,12H2;1-7,9H,10-11H2;1-5,7,9,11H,6,10,12H2;2-7,9-10H,11H2,1H3;1-7,9H,10-11H2;1-6,8-9H,10H2;;;;;;/q6*-1;;;;;;. The van der Waals surface area contributed by atoms with Crippen LogP contribution in [0.1, 0.15) is 111 Å². The Balaban J connectivity index is 0.000000179. The summed E-state index contributed by atoms with van der Waals surface area (Å²) in [5, 5.41) is 0. The smallest absolute Gasteiger partial charge is 0.170 e. The Kier molecular flexibility index (Phi) is 36.9. The van der Waals surface area contributed by atoms with E-state index in [0.29, 0.717) is 25.5 Å². The predicted octanol–water partition coefficient (Wildman–Crippen LogP) is 19.7. The number of hydrogen-bond donors (Lipinski definition) is 0. The molecule has 0 unspecified atom stereocenters. The number of benzene rings is 12. The van der Waals surface area contributed by atoms with Crippen molar-refractivity contribution in [1.29, 1.82) is 0 Å². The van der Waals surface area contributed by atoms with Gasteiger partial charge in [0.05, 0.1) is 23.7 Å². The third-order valence-corrected chi connectivity index (χ3v) is 18.0. The van der Waals surface area contributed by atoms with Crippen LogP contribution in [0.15, 0.2) is 321 Å². The van der Waals surface area contributed by atoms with Gasteiger partial charge in [-0.15, -0.1) is 215 Å². The van der Waals surface area contributed by atoms with Crippen molar-refractivity contribution in [3.63, 3.8) is 0 Å². The first kappa shape index (κ1) is 87.1. The van der Waals surface area contributed by atoms with Crippen LogP contribution >= 0.6 is 0 Å². The minimum Gasteiger partial charge on any atom is -0.472 e. The van der Waals surface area contributed by atoms with E-state index in [-0.39, 0.29) is 126 Å². The van der Waals surface area contributed by atoms with Crippen molar-refractivity contribution in [3.8, 4) is 5.75 Å². The number of aliphatic imine (C=N–C) groups is 6. The second-order valence-corrected chi connectivity index (χ2v) is 24.9. The average Bonchev–Trinajstić information content (AvgIpc) is 1.09. The second-order valence-electron chi connectivity index (χ2n) is 24.9. The maximum atomic E-state index is 12.1. The van der Waals surface area contributed by atoms with Crippen LogP contribution < -0.4 is 9.64 Å². The number of para-hydroxylation sites is 5. The van der Waals surface area contributed by atoms with E-state index in [9.17, 15) is 4.79 Å². The predicted molar refractivity (Wildman–Crippen MR) is 417 cm³/mol. The van der Waals surface area contributed by atoms with Gasteiger partial charge in [0.15, 0.2) is 6.73 Å². The van der Waals surface area contributed by atoms with Gasteiger partial charge in [-0.2, -0.15) is 0 Å². The van der Waals surface area contributed by atoms with Crippen molar-refractivity contribution in [2.75, 3.05) is 31.9 Å². The number of fused-ring (bicyclic) bond motifs is 6. The summed E-state index contributed by atoms with van der Waals surface area (Å²) in [6.07, 6.45) is 10.3. The molecule has 0 N–H and O–H groups in total. The maximum absolute atomic E-state index is 12.1. The molecule has 0 bridgehead atoms. The monoisotopic (exact) mass is 2480 g/mol. The Labute approximate surface area is 717 Å². The number of carbonyl (C=O) groups excluding carboxylic acids is 1. The van der Waals surface area contributed by atoms with Gasteiger partial charge in [0, 0.05) is 158 Å². The van der Waals surface area contributed by atoms with Gasteiger partial charge in [-0.05, 0) is 137 Å². The van der Waals surface area contributed by atoms with Crippen molar-refractivity contribution in [2.45, 2.75) is 64.2 Å². The molecular weight excluding hydrogens is 2400 g/mol. The Morgan fingerprint density at radius 2 is 0.694 bits per heavy atom. The zero-order chi connectivity index (χ0) is 69.3. The van der Waals surface area contributed by atoms with Gasteiger partial charge in [-0.25, -0.2) is 0 Å². The van der Waals surface area contributed by atoms with E-state index >= 15 is 0 Å². The number of Topliss-reactive ketones (excluding diaryl/α,β-unsaturated/α-hetero) is 1. The van der Waals surface area contributed by atoms with Gasteiger partial charge in [0.25, 0.3) is 0 Å². The van der Waals surface area contributed by atoms with Crippen LogP contribution in [0.4, 0.5) is 22.7 Å². The zero-order valence-corrected chi connectivity index (χ0v) is 73.7. The van der Waals surface area contributed by atoms with Gasteiger partial charge in [0.2, 0.25) is 0 Å². The number of hydrogen-bond acceptors (Lipinski definition) is 9. The molecule has 15 heteroatoms. The Morgan fingerprint density at radius 3 is 1.21 bits per heavy atom. The number of ketones is 1. The number of ether oxygens (including phenoxy) is 1. The molecule has 18 rings (SSSR count). The van der Waals surface area contributed by atoms with E-state index in [0.717, 1.165) is 135 Å². The quantitative estimate of drug-likeness (QED) is 0.155. The van der Waals surface area contributed by atoms with Gasteiger partial charge < -0.3 is 34.4 Å². The molecule has 0 saturated heterocycles. The first-order valence-electron chi connectivity index (χ1n) is 35.0. The molecule has 12 aromatic carbocycles. The minimum atomic E-state index is 0. The van der Waals surface area contributed by atoms with E-state index in [1.165, 1.54) is 58.5 Å². The van der Waals surface area contributed by atoms with Crippen molar-refractivity contribution < 1.29 is 130 Å². The van der Waals surface area contributed by atoms with Crippen LogP contribution in [0.2, 0.25) is 0 Å². The van der Waals surface area contributed by atoms with E-state index in [1.54, 1.807) is 0 Å². The molecule has 0 amide bonds. The maximum Gasteiger partial charge on any atom is 0.170 e. The van der Waals surface area contributed by atoms with Gasteiger partial charge in [-0.1, -0.05) is 128 Å². The number of aryl methyl sites for hydroxylation is 3. The van der Waals surface area contributed by atoms with Crippen LogP contribution in [0.3, 0.4) is 0 Å². The summed E-state index contributed by atoms with van der Waals surface area (Å²) in [6.45, 7) is 1.97.